The first-order valence-corrected chi connectivity index (χ1v) is 4.63. The zero-order valence-electron chi connectivity index (χ0n) is 9.56. The largest absolute Gasteiger partial charge is 0.496 e. The van der Waals surface area contributed by atoms with Crippen LogP contribution in [0.5, 0.6) is 11.5 Å². The van der Waals surface area contributed by atoms with Crippen LogP contribution in [0, 0.1) is 18.2 Å². The van der Waals surface area contributed by atoms with Crippen LogP contribution in [-0.2, 0) is 0 Å². The van der Waals surface area contributed by atoms with Crippen LogP contribution in [0.3, 0.4) is 0 Å². The van der Waals surface area contributed by atoms with Crippen LogP contribution in [0.4, 0.5) is 4.39 Å². The summed E-state index contributed by atoms with van der Waals surface area (Å²) in [6.45, 7) is 5.50. The van der Waals surface area contributed by atoms with Crippen LogP contribution in [0.2, 0.25) is 0 Å². The zero-order valence-corrected chi connectivity index (χ0v) is 9.56. The van der Waals surface area contributed by atoms with Gasteiger partial charge in [0.1, 0.15) is 5.75 Å². The van der Waals surface area contributed by atoms with Gasteiger partial charge in [0.2, 0.25) is 0 Å². The Morgan fingerprint density at radius 1 is 1.38 bits per heavy atom. The van der Waals surface area contributed by atoms with Crippen LogP contribution < -0.4 is 9.47 Å². The molecular weight excluding hydrogens is 207 g/mol. The molecule has 0 saturated carbocycles. The molecule has 0 bridgehead atoms. The van der Waals surface area contributed by atoms with Crippen molar-refractivity contribution < 1.29 is 13.9 Å². The molecule has 0 unspecified atom stereocenters. The van der Waals surface area contributed by atoms with Crippen molar-refractivity contribution in [1.82, 2.24) is 0 Å². The Bertz CT molecular complexity index is 470. The number of terminal acetylenes is 1. The Labute approximate surface area is 94.7 Å². The SMILES string of the molecule is C#Cc1c(F)c(OC)cc(OC)c1C(=C)C. The second-order valence-corrected chi connectivity index (χ2v) is 3.27. The maximum Gasteiger partial charge on any atom is 0.181 e. The summed E-state index contributed by atoms with van der Waals surface area (Å²) in [5, 5.41) is 0. The monoisotopic (exact) mass is 220 g/mol. The van der Waals surface area contributed by atoms with Gasteiger partial charge in [-0.25, -0.2) is 4.39 Å². The van der Waals surface area contributed by atoms with E-state index in [1.54, 1.807) is 6.92 Å². The molecule has 1 aromatic rings. The van der Waals surface area contributed by atoms with Crippen molar-refractivity contribution in [2.24, 2.45) is 0 Å². The highest BCUT2D eigenvalue weighted by Crippen LogP contribution is 2.35. The molecule has 0 atom stereocenters. The third-order valence-electron chi connectivity index (χ3n) is 2.21. The zero-order chi connectivity index (χ0) is 12.3. The normalized spacial score (nSPS) is 9.44. The van der Waals surface area contributed by atoms with Gasteiger partial charge in [0.15, 0.2) is 11.6 Å². The van der Waals surface area contributed by atoms with Gasteiger partial charge in [-0.05, 0) is 12.5 Å². The summed E-state index contributed by atoms with van der Waals surface area (Å²) < 4.78 is 23.9. The van der Waals surface area contributed by atoms with Crippen LogP contribution in [-0.4, -0.2) is 14.2 Å². The summed E-state index contributed by atoms with van der Waals surface area (Å²) in [7, 11) is 2.86. The average Bonchev–Trinajstić information content (AvgIpc) is 2.27. The smallest absolute Gasteiger partial charge is 0.181 e. The number of methoxy groups -OCH3 is 2. The molecule has 0 saturated heterocycles. The molecule has 1 rings (SSSR count). The van der Waals surface area contributed by atoms with E-state index in [1.807, 2.05) is 0 Å². The van der Waals surface area contributed by atoms with Gasteiger partial charge in [-0.3, -0.25) is 0 Å². The maximum absolute atomic E-state index is 13.8. The predicted octanol–water partition coefficient (Wildman–Crippen LogP) is 2.86. The van der Waals surface area contributed by atoms with Crippen molar-refractivity contribution in [3.8, 4) is 23.8 Å². The molecule has 0 amide bonds. The van der Waals surface area contributed by atoms with Crippen molar-refractivity contribution in [3.63, 3.8) is 0 Å². The quantitative estimate of drug-likeness (QED) is 0.729. The van der Waals surface area contributed by atoms with E-state index in [0.717, 1.165) is 0 Å². The third kappa shape index (κ3) is 1.87. The fourth-order valence-corrected chi connectivity index (χ4v) is 1.48. The first kappa shape index (κ1) is 12.1. The van der Waals surface area contributed by atoms with E-state index in [-0.39, 0.29) is 11.3 Å². The van der Waals surface area contributed by atoms with E-state index in [2.05, 4.69) is 12.5 Å². The average molecular weight is 220 g/mol. The Kier molecular flexibility index (Phi) is 3.57. The number of allylic oxidation sites excluding steroid dienone is 1. The molecule has 1 aromatic carbocycles. The number of benzene rings is 1. The number of ether oxygens (including phenoxy) is 2. The minimum Gasteiger partial charge on any atom is -0.496 e. The molecule has 0 aliphatic carbocycles. The summed E-state index contributed by atoms with van der Waals surface area (Å²) in [4.78, 5) is 0. The van der Waals surface area contributed by atoms with Crippen LogP contribution in [0.15, 0.2) is 12.6 Å². The molecular formula is C13H13FO2. The maximum atomic E-state index is 13.8. The van der Waals surface area contributed by atoms with Crippen molar-refractivity contribution >= 4 is 5.57 Å². The van der Waals surface area contributed by atoms with E-state index >= 15 is 0 Å². The summed E-state index contributed by atoms with van der Waals surface area (Å²) in [6.07, 6.45) is 5.29. The van der Waals surface area contributed by atoms with Gasteiger partial charge >= 0.3 is 0 Å². The molecule has 84 valence electrons. The lowest BCUT2D eigenvalue weighted by Crippen LogP contribution is -2.00. The first-order chi connectivity index (χ1) is 7.56. The number of hydrogen-bond donors (Lipinski definition) is 0. The van der Waals surface area contributed by atoms with Crippen molar-refractivity contribution in [3.05, 3.63) is 29.6 Å². The Morgan fingerprint density at radius 2 is 1.94 bits per heavy atom. The molecule has 0 heterocycles. The molecule has 0 fully saturated rings. The van der Waals surface area contributed by atoms with Gasteiger partial charge in [0, 0.05) is 11.6 Å². The summed E-state index contributed by atoms with van der Waals surface area (Å²) in [6, 6.07) is 1.46. The number of halogens is 1. The Hall–Kier alpha value is -1.95. The molecule has 16 heavy (non-hydrogen) atoms. The van der Waals surface area contributed by atoms with E-state index in [0.29, 0.717) is 16.9 Å². The first-order valence-electron chi connectivity index (χ1n) is 4.63. The van der Waals surface area contributed by atoms with Crippen molar-refractivity contribution in [2.45, 2.75) is 6.92 Å². The minimum absolute atomic E-state index is 0.0646. The summed E-state index contributed by atoms with van der Waals surface area (Å²) in [5.41, 5.74) is 1.26. The van der Waals surface area contributed by atoms with E-state index in [4.69, 9.17) is 15.9 Å². The van der Waals surface area contributed by atoms with Crippen molar-refractivity contribution in [2.75, 3.05) is 14.2 Å². The molecule has 3 heteroatoms. The van der Waals surface area contributed by atoms with E-state index in [1.165, 1.54) is 20.3 Å². The fourth-order valence-electron chi connectivity index (χ4n) is 1.48. The molecule has 0 aromatic heterocycles. The standard InChI is InChI=1S/C13H13FO2/c1-6-9-12(8(2)3)10(15-4)7-11(16-5)13(9)14/h1,7H,2H2,3-5H3. The highest BCUT2D eigenvalue weighted by molar-refractivity contribution is 5.74. The topological polar surface area (TPSA) is 18.5 Å². The molecule has 2 nitrogen and oxygen atoms in total. The lowest BCUT2D eigenvalue weighted by Gasteiger charge is -2.14. The van der Waals surface area contributed by atoms with Gasteiger partial charge < -0.3 is 9.47 Å². The van der Waals surface area contributed by atoms with Crippen molar-refractivity contribution in [1.29, 1.82) is 0 Å². The third-order valence-corrected chi connectivity index (χ3v) is 2.21. The number of hydrogen-bond acceptors (Lipinski definition) is 2. The van der Waals surface area contributed by atoms with Crippen LogP contribution >= 0.6 is 0 Å². The van der Waals surface area contributed by atoms with Gasteiger partial charge in [0.05, 0.1) is 19.8 Å². The summed E-state index contributed by atoms with van der Waals surface area (Å²) >= 11 is 0. The Balaban J connectivity index is 3.65. The number of rotatable bonds is 3. The van der Waals surface area contributed by atoms with Crippen LogP contribution in [0.25, 0.3) is 5.57 Å². The molecule has 0 spiro atoms. The van der Waals surface area contributed by atoms with Gasteiger partial charge in [-0.2, -0.15) is 0 Å². The highest BCUT2D eigenvalue weighted by atomic mass is 19.1. The van der Waals surface area contributed by atoms with E-state index in [9.17, 15) is 4.39 Å². The molecule has 0 N–H and O–H groups in total. The lowest BCUT2D eigenvalue weighted by atomic mass is 10.00. The second kappa shape index (κ2) is 4.71. The Morgan fingerprint density at radius 3 is 2.31 bits per heavy atom. The van der Waals surface area contributed by atoms with Crippen LogP contribution in [0.1, 0.15) is 18.1 Å². The fraction of sp³-hybridized carbons (Fsp3) is 0.231. The highest BCUT2D eigenvalue weighted by Gasteiger charge is 2.18. The van der Waals surface area contributed by atoms with Gasteiger partial charge in [-0.1, -0.05) is 12.5 Å². The molecule has 0 radical (unpaired) electrons. The van der Waals surface area contributed by atoms with Gasteiger partial charge in [0.25, 0.3) is 0 Å². The molecule has 0 aliphatic rings. The van der Waals surface area contributed by atoms with E-state index < -0.39 is 5.82 Å². The predicted molar refractivity (Wildman–Crippen MR) is 62.1 cm³/mol. The van der Waals surface area contributed by atoms with Gasteiger partial charge in [-0.15, -0.1) is 6.42 Å². The summed E-state index contributed by atoms with van der Waals surface area (Å²) in [5.74, 6) is 2.25. The lowest BCUT2D eigenvalue weighted by molar-refractivity contribution is 0.372. The second-order valence-electron chi connectivity index (χ2n) is 3.27. The minimum atomic E-state index is -0.566. The molecule has 0 aliphatic heterocycles.